The van der Waals surface area contributed by atoms with Gasteiger partial charge in [-0.1, -0.05) is 0 Å². The van der Waals surface area contributed by atoms with E-state index in [2.05, 4.69) is 0 Å². The monoisotopic (exact) mass is 186 g/mol. The predicted molar refractivity (Wildman–Crippen MR) is 44.1 cm³/mol. The molecule has 0 bridgehead atoms. The van der Waals surface area contributed by atoms with Crippen LogP contribution in [0.15, 0.2) is 0 Å². The average molecular weight is 186 g/mol. The van der Waals surface area contributed by atoms with Gasteiger partial charge >= 0.3 is 5.97 Å². The van der Waals surface area contributed by atoms with Crippen LogP contribution in [0.5, 0.6) is 0 Å². The maximum atomic E-state index is 10.7. The number of esters is 1. The van der Waals surface area contributed by atoms with E-state index in [9.17, 15) is 9.90 Å². The number of epoxide rings is 1. The molecule has 74 valence electrons. The molecular formula is C9H14O4. The first-order valence-corrected chi connectivity index (χ1v) is 4.55. The van der Waals surface area contributed by atoms with Crippen molar-refractivity contribution in [2.45, 2.75) is 50.6 Å². The van der Waals surface area contributed by atoms with Crippen LogP contribution in [-0.4, -0.2) is 35.0 Å². The zero-order chi connectivity index (χ0) is 9.64. The number of aliphatic hydroxyl groups excluding tert-OH is 1. The van der Waals surface area contributed by atoms with Gasteiger partial charge in [-0.05, 0) is 6.92 Å². The van der Waals surface area contributed by atoms with E-state index in [4.69, 9.17) is 9.47 Å². The molecule has 0 aromatic rings. The Morgan fingerprint density at radius 2 is 2.31 bits per heavy atom. The summed E-state index contributed by atoms with van der Waals surface area (Å²) in [6.07, 6.45) is 0.601. The van der Waals surface area contributed by atoms with Gasteiger partial charge in [0.15, 0.2) is 0 Å². The first-order chi connectivity index (χ1) is 6.02. The van der Waals surface area contributed by atoms with Crippen molar-refractivity contribution in [3.63, 3.8) is 0 Å². The summed E-state index contributed by atoms with van der Waals surface area (Å²) >= 11 is 0. The minimum atomic E-state index is -0.504. The molecular weight excluding hydrogens is 172 g/mol. The summed E-state index contributed by atoms with van der Waals surface area (Å²) in [5, 5.41) is 9.65. The van der Waals surface area contributed by atoms with Crippen molar-refractivity contribution >= 4 is 5.97 Å². The van der Waals surface area contributed by atoms with Crippen molar-refractivity contribution in [3.05, 3.63) is 0 Å². The van der Waals surface area contributed by atoms with Crippen molar-refractivity contribution in [1.29, 1.82) is 0 Å². The summed E-state index contributed by atoms with van der Waals surface area (Å²) in [5.41, 5.74) is -0.364. The van der Waals surface area contributed by atoms with Crippen molar-refractivity contribution in [1.82, 2.24) is 0 Å². The number of ether oxygens (including phenoxy) is 2. The van der Waals surface area contributed by atoms with Crippen molar-refractivity contribution in [3.8, 4) is 0 Å². The van der Waals surface area contributed by atoms with Gasteiger partial charge in [-0.3, -0.25) is 4.79 Å². The molecule has 1 heterocycles. The standard InChI is InChI=1S/C9H14O4/c1-5(10)12-6-3-7(11)9(2)8(4-6)13-9/h6-8,11H,3-4H2,1-2H3. The van der Waals surface area contributed by atoms with E-state index in [1.807, 2.05) is 6.92 Å². The molecule has 0 aromatic heterocycles. The highest BCUT2D eigenvalue weighted by Gasteiger charge is 2.61. The lowest BCUT2D eigenvalue weighted by Gasteiger charge is -2.26. The highest BCUT2D eigenvalue weighted by molar-refractivity contribution is 5.66. The smallest absolute Gasteiger partial charge is 0.302 e. The van der Waals surface area contributed by atoms with Crippen molar-refractivity contribution in [2.24, 2.45) is 0 Å². The zero-order valence-electron chi connectivity index (χ0n) is 7.82. The van der Waals surface area contributed by atoms with Crippen LogP contribution in [-0.2, 0) is 14.3 Å². The minimum absolute atomic E-state index is 0.0700. The van der Waals surface area contributed by atoms with E-state index >= 15 is 0 Å². The molecule has 1 saturated heterocycles. The first-order valence-electron chi connectivity index (χ1n) is 4.55. The molecule has 2 rings (SSSR count). The molecule has 0 spiro atoms. The molecule has 4 atom stereocenters. The molecule has 4 heteroatoms. The number of carbonyl (C=O) groups is 1. The number of aliphatic hydroxyl groups is 1. The summed E-state index contributed by atoms with van der Waals surface area (Å²) in [7, 11) is 0. The average Bonchev–Trinajstić information content (AvgIpc) is 2.61. The Labute approximate surface area is 76.8 Å². The lowest BCUT2D eigenvalue weighted by molar-refractivity contribution is -0.149. The van der Waals surface area contributed by atoms with E-state index in [0.717, 1.165) is 0 Å². The number of carbonyl (C=O) groups excluding carboxylic acids is 1. The van der Waals surface area contributed by atoms with E-state index in [0.29, 0.717) is 12.8 Å². The topological polar surface area (TPSA) is 59.1 Å². The van der Waals surface area contributed by atoms with E-state index in [1.165, 1.54) is 6.92 Å². The molecule has 1 saturated carbocycles. The Kier molecular flexibility index (Phi) is 1.85. The van der Waals surface area contributed by atoms with Crippen LogP contribution < -0.4 is 0 Å². The highest BCUT2D eigenvalue weighted by Crippen LogP contribution is 2.48. The first kappa shape index (κ1) is 8.97. The van der Waals surface area contributed by atoms with Crippen LogP contribution in [0.1, 0.15) is 26.7 Å². The van der Waals surface area contributed by atoms with Gasteiger partial charge in [0, 0.05) is 19.8 Å². The lowest BCUT2D eigenvalue weighted by Crippen LogP contribution is -2.39. The largest absolute Gasteiger partial charge is 0.462 e. The summed E-state index contributed by atoms with van der Waals surface area (Å²) in [6.45, 7) is 3.28. The van der Waals surface area contributed by atoms with Gasteiger partial charge in [-0.15, -0.1) is 0 Å². The van der Waals surface area contributed by atoms with Crippen LogP contribution in [0.2, 0.25) is 0 Å². The zero-order valence-corrected chi connectivity index (χ0v) is 7.82. The fraction of sp³-hybridized carbons (Fsp3) is 0.889. The van der Waals surface area contributed by atoms with Gasteiger partial charge < -0.3 is 14.6 Å². The fourth-order valence-corrected chi connectivity index (χ4v) is 2.00. The second-order valence-electron chi connectivity index (χ2n) is 4.01. The van der Waals surface area contributed by atoms with Crippen LogP contribution in [0, 0.1) is 0 Å². The summed E-state index contributed by atoms with van der Waals surface area (Å²) in [4.78, 5) is 10.7. The molecule has 0 aromatic carbocycles. The quantitative estimate of drug-likeness (QED) is 0.470. The van der Waals surface area contributed by atoms with Crippen LogP contribution in [0.4, 0.5) is 0 Å². The van der Waals surface area contributed by atoms with Gasteiger partial charge in [0.2, 0.25) is 0 Å². The number of hydrogen-bond donors (Lipinski definition) is 1. The fourth-order valence-electron chi connectivity index (χ4n) is 2.00. The van der Waals surface area contributed by atoms with Crippen LogP contribution in [0.25, 0.3) is 0 Å². The molecule has 4 unspecified atom stereocenters. The van der Waals surface area contributed by atoms with E-state index in [-0.39, 0.29) is 23.8 Å². The molecule has 0 radical (unpaired) electrons. The Hall–Kier alpha value is -0.610. The summed E-state index contributed by atoms with van der Waals surface area (Å²) in [5.74, 6) is -0.290. The Morgan fingerprint density at radius 3 is 2.85 bits per heavy atom. The number of rotatable bonds is 1. The molecule has 2 aliphatic rings. The van der Waals surface area contributed by atoms with Gasteiger partial charge in [0.25, 0.3) is 0 Å². The summed E-state index contributed by atoms with van der Waals surface area (Å²) < 4.78 is 10.4. The van der Waals surface area contributed by atoms with Gasteiger partial charge in [-0.25, -0.2) is 0 Å². The molecule has 1 N–H and O–H groups in total. The second-order valence-corrected chi connectivity index (χ2v) is 4.01. The second kappa shape index (κ2) is 2.69. The maximum absolute atomic E-state index is 10.7. The third kappa shape index (κ3) is 1.44. The molecule has 13 heavy (non-hydrogen) atoms. The van der Waals surface area contributed by atoms with Gasteiger partial charge in [0.05, 0.1) is 12.2 Å². The normalized spacial score (nSPS) is 48.1. The molecule has 1 aliphatic heterocycles. The van der Waals surface area contributed by atoms with Crippen molar-refractivity contribution < 1.29 is 19.4 Å². The van der Waals surface area contributed by atoms with Crippen LogP contribution in [0.3, 0.4) is 0 Å². The maximum Gasteiger partial charge on any atom is 0.302 e. The van der Waals surface area contributed by atoms with E-state index < -0.39 is 6.10 Å². The lowest BCUT2D eigenvalue weighted by atomic mass is 9.86. The number of hydrogen-bond acceptors (Lipinski definition) is 4. The Bertz CT molecular complexity index is 240. The van der Waals surface area contributed by atoms with Gasteiger partial charge in [-0.2, -0.15) is 0 Å². The van der Waals surface area contributed by atoms with Crippen molar-refractivity contribution in [2.75, 3.05) is 0 Å². The molecule has 0 amide bonds. The Balaban J connectivity index is 1.94. The third-order valence-electron chi connectivity index (χ3n) is 2.94. The Morgan fingerprint density at radius 1 is 1.62 bits per heavy atom. The summed E-state index contributed by atoms with van der Waals surface area (Å²) in [6, 6.07) is 0. The molecule has 4 nitrogen and oxygen atoms in total. The molecule has 2 fully saturated rings. The van der Waals surface area contributed by atoms with Crippen LogP contribution >= 0.6 is 0 Å². The molecule has 1 aliphatic carbocycles. The highest BCUT2D eigenvalue weighted by atomic mass is 16.6. The van der Waals surface area contributed by atoms with Gasteiger partial charge in [0.1, 0.15) is 11.7 Å². The predicted octanol–water partition coefficient (Wildman–Crippen LogP) is 0.230. The van der Waals surface area contributed by atoms with E-state index in [1.54, 1.807) is 0 Å². The third-order valence-corrected chi connectivity index (χ3v) is 2.94. The SMILES string of the molecule is CC(=O)OC1CC(O)C2(C)OC2C1. The number of fused-ring (bicyclic) bond motifs is 1. The minimum Gasteiger partial charge on any atom is -0.462 e.